The number of hydrogen-bond acceptors (Lipinski definition) is 3. The molecule has 1 aromatic carbocycles. The Labute approximate surface area is 125 Å². The summed E-state index contributed by atoms with van der Waals surface area (Å²) in [5.41, 5.74) is 1.18. The third-order valence-corrected chi connectivity index (χ3v) is 3.76. The van der Waals surface area contributed by atoms with Gasteiger partial charge in [0.1, 0.15) is 0 Å². The highest BCUT2D eigenvalue weighted by Crippen LogP contribution is 2.11. The Balaban J connectivity index is 1.98. The fourth-order valence-electron chi connectivity index (χ4n) is 2.55. The zero-order chi connectivity index (χ0) is 15.4. The summed E-state index contributed by atoms with van der Waals surface area (Å²) in [5.74, 6) is -0.132. The first-order valence-corrected chi connectivity index (χ1v) is 7.33. The molecule has 1 heterocycles. The molecule has 0 aliphatic carbocycles. The molecule has 2 atom stereocenters. The topological polar surface area (TPSA) is 61.4 Å². The van der Waals surface area contributed by atoms with Crippen molar-refractivity contribution < 1.29 is 9.59 Å². The van der Waals surface area contributed by atoms with Crippen LogP contribution in [0.1, 0.15) is 40.5 Å². The fraction of sp³-hybridized carbons (Fsp3) is 0.500. The van der Waals surface area contributed by atoms with Crippen LogP contribution >= 0.6 is 0 Å². The van der Waals surface area contributed by atoms with Gasteiger partial charge in [-0.15, -0.1) is 0 Å². The zero-order valence-corrected chi connectivity index (χ0v) is 12.8. The van der Waals surface area contributed by atoms with Crippen molar-refractivity contribution in [1.29, 1.82) is 0 Å². The second-order valence-electron chi connectivity index (χ2n) is 5.83. The van der Waals surface area contributed by atoms with Gasteiger partial charge in [0, 0.05) is 37.3 Å². The monoisotopic (exact) mass is 289 g/mol. The van der Waals surface area contributed by atoms with Crippen molar-refractivity contribution in [3.05, 3.63) is 35.4 Å². The second kappa shape index (κ2) is 6.72. The molecule has 114 valence electrons. The van der Waals surface area contributed by atoms with Gasteiger partial charge in [0.25, 0.3) is 11.8 Å². The first-order chi connectivity index (χ1) is 9.97. The van der Waals surface area contributed by atoms with Crippen molar-refractivity contribution in [2.75, 3.05) is 20.6 Å². The number of carbonyl (C=O) groups excluding carboxylic acids is 2. The summed E-state index contributed by atoms with van der Waals surface area (Å²) in [4.78, 5) is 25.5. The molecule has 5 nitrogen and oxygen atoms in total. The van der Waals surface area contributed by atoms with Gasteiger partial charge in [-0.3, -0.25) is 9.59 Å². The summed E-state index contributed by atoms with van der Waals surface area (Å²) in [6, 6.07) is 7.46. The lowest BCUT2D eigenvalue weighted by Gasteiger charge is -2.28. The Hall–Kier alpha value is -1.88. The quantitative estimate of drug-likeness (QED) is 0.880. The normalized spacial score (nSPS) is 21.7. The van der Waals surface area contributed by atoms with Gasteiger partial charge in [0.15, 0.2) is 0 Å². The molecule has 1 saturated heterocycles. The lowest BCUT2D eigenvalue weighted by molar-refractivity contribution is 0.0826. The summed E-state index contributed by atoms with van der Waals surface area (Å²) in [7, 11) is 3.42. The lowest BCUT2D eigenvalue weighted by Crippen LogP contribution is -2.46. The van der Waals surface area contributed by atoms with Gasteiger partial charge in [0.2, 0.25) is 0 Å². The van der Waals surface area contributed by atoms with Crippen LogP contribution in [-0.2, 0) is 0 Å². The minimum Gasteiger partial charge on any atom is -0.349 e. The number of nitrogens with one attached hydrogen (secondary N) is 2. The summed E-state index contributed by atoms with van der Waals surface area (Å²) in [6.45, 7) is 3.06. The van der Waals surface area contributed by atoms with Crippen LogP contribution in [0, 0.1) is 0 Å². The number of rotatable bonds is 3. The van der Waals surface area contributed by atoms with Gasteiger partial charge in [0.05, 0.1) is 0 Å². The Morgan fingerprint density at radius 1 is 1.19 bits per heavy atom. The van der Waals surface area contributed by atoms with Crippen molar-refractivity contribution in [2.24, 2.45) is 0 Å². The average Bonchev–Trinajstić information content (AvgIpc) is 2.46. The maximum atomic E-state index is 12.2. The summed E-state index contributed by atoms with van der Waals surface area (Å²) in [6.07, 6.45) is 1.90. The molecular weight excluding hydrogens is 266 g/mol. The van der Waals surface area contributed by atoms with Crippen molar-refractivity contribution in [1.82, 2.24) is 15.5 Å². The minimum absolute atomic E-state index is 0.0610. The van der Waals surface area contributed by atoms with Gasteiger partial charge in [-0.25, -0.2) is 0 Å². The highest BCUT2D eigenvalue weighted by molar-refractivity contribution is 5.97. The van der Waals surface area contributed by atoms with Crippen LogP contribution in [0.5, 0.6) is 0 Å². The van der Waals surface area contributed by atoms with Crippen LogP contribution in [0.4, 0.5) is 0 Å². The SMILES string of the molecule is CC1CC(NC(=O)c2ccc(C(=O)N(C)C)cc2)CCN1. The molecule has 0 spiro atoms. The van der Waals surface area contributed by atoms with Gasteiger partial charge >= 0.3 is 0 Å². The molecule has 1 aromatic rings. The van der Waals surface area contributed by atoms with Crippen LogP contribution in [0.25, 0.3) is 0 Å². The van der Waals surface area contributed by atoms with E-state index in [9.17, 15) is 9.59 Å². The molecule has 21 heavy (non-hydrogen) atoms. The van der Waals surface area contributed by atoms with Gasteiger partial charge in [-0.1, -0.05) is 0 Å². The first kappa shape index (κ1) is 15.5. The van der Waals surface area contributed by atoms with Gasteiger partial charge in [-0.2, -0.15) is 0 Å². The second-order valence-corrected chi connectivity index (χ2v) is 5.83. The van der Waals surface area contributed by atoms with E-state index >= 15 is 0 Å². The van der Waals surface area contributed by atoms with E-state index in [4.69, 9.17) is 0 Å². The molecule has 2 N–H and O–H groups in total. The van der Waals surface area contributed by atoms with Crippen molar-refractivity contribution >= 4 is 11.8 Å². The molecule has 2 unspecified atom stereocenters. The highest BCUT2D eigenvalue weighted by atomic mass is 16.2. The maximum Gasteiger partial charge on any atom is 0.253 e. The molecule has 0 radical (unpaired) electrons. The molecule has 1 aliphatic heterocycles. The van der Waals surface area contributed by atoms with Crippen LogP contribution in [0.15, 0.2) is 24.3 Å². The highest BCUT2D eigenvalue weighted by Gasteiger charge is 2.20. The van der Waals surface area contributed by atoms with E-state index in [2.05, 4.69) is 17.6 Å². The summed E-state index contributed by atoms with van der Waals surface area (Å²) < 4.78 is 0. The van der Waals surface area contributed by atoms with Gasteiger partial charge < -0.3 is 15.5 Å². The van der Waals surface area contributed by atoms with E-state index in [0.29, 0.717) is 17.2 Å². The van der Waals surface area contributed by atoms with E-state index in [1.54, 1.807) is 38.4 Å². The van der Waals surface area contributed by atoms with Crippen LogP contribution in [0.2, 0.25) is 0 Å². The Bertz CT molecular complexity index is 511. The molecule has 1 aliphatic rings. The Kier molecular flexibility index (Phi) is 4.96. The van der Waals surface area contributed by atoms with Crippen LogP contribution < -0.4 is 10.6 Å². The largest absolute Gasteiger partial charge is 0.349 e. The number of hydrogen-bond donors (Lipinski definition) is 2. The number of piperidine rings is 1. The lowest BCUT2D eigenvalue weighted by atomic mass is 10.00. The summed E-state index contributed by atoms with van der Waals surface area (Å²) >= 11 is 0. The van der Waals surface area contributed by atoms with Crippen molar-refractivity contribution in [3.63, 3.8) is 0 Å². The molecule has 0 aromatic heterocycles. The fourth-order valence-corrected chi connectivity index (χ4v) is 2.55. The van der Waals surface area contributed by atoms with E-state index in [0.717, 1.165) is 19.4 Å². The molecular formula is C16H23N3O2. The number of carbonyl (C=O) groups is 2. The molecule has 5 heteroatoms. The molecule has 1 fully saturated rings. The summed E-state index contributed by atoms with van der Waals surface area (Å²) in [5, 5.41) is 6.42. The molecule has 0 saturated carbocycles. The zero-order valence-electron chi connectivity index (χ0n) is 12.8. The molecule has 2 amide bonds. The van der Waals surface area contributed by atoms with E-state index < -0.39 is 0 Å². The van der Waals surface area contributed by atoms with Gasteiger partial charge in [-0.05, 0) is 50.6 Å². The Morgan fingerprint density at radius 2 is 1.81 bits per heavy atom. The predicted molar refractivity (Wildman–Crippen MR) is 82.4 cm³/mol. The smallest absolute Gasteiger partial charge is 0.253 e. The molecule has 0 bridgehead atoms. The van der Waals surface area contributed by atoms with Crippen molar-refractivity contribution in [2.45, 2.75) is 31.8 Å². The third kappa shape index (κ3) is 4.04. The minimum atomic E-state index is -0.0713. The standard InChI is InChI=1S/C16H23N3O2/c1-11-10-14(8-9-17-11)18-15(20)12-4-6-13(7-5-12)16(21)19(2)3/h4-7,11,14,17H,8-10H2,1-3H3,(H,18,20). The first-order valence-electron chi connectivity index (χ1n) is 7.33. The van der Waals surface area contributed by atoms with E-state index in [1.807, 2.05) is 0 Å². The average molecular weight is 289 g/mol. The molecule has 2 rings (SSSR count). The van der Waals surface area contributed by atoms with Crippen LogP contribution in [-0.4, -0.2) is 49.4 Å². The van der Waals surface area contributed by atoms with Crippen LogP contribution in [0.3, 0.4) is 0 Å². The third-order valence-electron chi connectivity index (χ3n) is 3.76. The van der Waals surface area contributed by atoms with E-state index in [1.165, 1.54) is 4.90 Å². The Morgan fingerprint density at radius 3 is 2.38 bits per heavy atom. The number of amides is 2. The number of nitrogens with zero attached hydrogens (tertiary/aromatic N) is 1. The predicted octanol–water partition coefficient (Wildman–Crippen LogP) is 1.26. The maximum absolute atomic E-state index is 12.2. The van der Waals surface area contributed by atoms with Crippen molar-refractivity contribution in [3.8, 4) is 0 Å². The number of benzene rings is 1. The van der Waals surface area contributed by atoms with E-state index in [-0.39, 0.29) is 17.9 Å².